The highest BCUT2D eigenvalue weighted by atomic mass is 15.4. The molecule has 0 bridgehead atoms. The number of nitriles is 1. The van der Waals surface area contributed by atoms with E-state index in [4.69, 9.17) is 5.73 Å². The highest BCUT2D eigenvalue weighted by molar-refractivity contribution is 5.95. The zero-order valence-corrected chi connectivity index (χ0v) is 19.5. The number of benzene rings is 1. The lowest BCUT2D eigenvalue weighted by molar-refractivity contribution is 0.108. The second kappa shape index (κ2) is 8.42. The van der Waals surface area contributed by atoms with Gasteiger partial charge in [0.2, 0.25) is 0 Å². The third kappa shape index (κ3) is 3.61. The van der Waals surface area contributed by atoms with Gasteiger partial charge in [0.25, 0.3) is 0 Å². The van der Waals surface area contributed by atoms with Crippen LogP contribution < -0.4 is 20.4 Å². The molecule has 5 heterocycles. The van der Waals surface area contributed by atoms with Crippen molar-refractivity contribution in [3.05, 3.63) is 54.4 Å². The van der Waals surface area contributed by atoms with Gasteiger partial charge in [-0.05, 0) is 37.3 Å². The summed E-state index contributed by atoms with van der Waals surface area (Å²) in [6.45, 7) is 9.08. The molecule has 3 aromatic rings. The van der Waals surface area contributed by atoms with Crippen molar-refractivity contribution in [1.82, 2.24) is 14.9 Å². The predicted molar refractivity (Wildman–Crippen MR) is 135 cm³/mol. The van der Waals surface area contributed by atoms with Crippen LogP contribution in [0.15, 0.2) is 48.8 Å². The molecule has 3 fully saturated rings. The van der Waals surface area contributed by atoms with Crippen LogP contribution in [0.1, 0.15) is 12.5 Å². The van der Waals surface area contributed by atoms with Crippen molar-refractivity contribution in [3.8, 4) is 6.07 Å². The van der Waals surface area contributed by atoms with Gasteiger partial charge in [-0.3, -0.25) is 9.88 Å². The van der Waals surface area contributed by atoms with E-state index in [-0.39, 0.29) is 6.04 Å². The van der Waals surface area contributed by atoms with Crippen LogP contribution in [0.4, 0.5) is 17.2 Å². The molecule has 8 nitrogen and oxygen atoms in total. The second-order valence-corrected chi connectivity index (χ2v) is 9.77. The van der Waals surface area contributed by atoms with E-state index in [1.54, 1.807) is 6.20 Å². The molecular weight excluding hydrogens is 424 g/mol. The standard InChI is InChI=1S/C26H30N8/c1-18-13-32(24-5-4-19(12-27)26-23(24)3-2-7-30-26)17-22-16-31(9-10-34(18)22)21-6-8-29-25(11-21)33-14-20(28)15-33/h2-8,11,18,20,22H,9-10,13-17,28H2,1H3/t18-,22+/m1/s1. The number of pyridine rings is 2. The van der Waals surface area contributed by atoms with Crippen molar-refractivity contribution in [1.29, 1.82) is 5.26 Å². The lowest BCUT2D eigenvalue weighted by Gasteiger charge is -2.51. The summed E-state index contributed by atoms with van der Waals surface area (Å²) in [5.74, 6) is 1.02. The van der Waals surface area contributed by atoms with Crippen LogP contribution in [0, 0.1) is 11.3 Å². The SMILES string of the molecule is C[C@@H]1CN(c2ccc(C#N)c3ncccc23)C[C@@H]2CN(c3ccnc(N4CC(N)C4)c3)CCN21. The lowest BCUT2D eigenvalue weighted by atomic mass is 10.0. The largest absolute Gasteiger partial charge is 0.368 e. The maximum absolute atomic E-state index is 9.53. The molecule has 0 amide bonds. The van der Waals surface area contributed by atoms with Crippen molar-refractivity contribution >= 4 is 28.1 Å². The molecule has 0 saturated carbocycles. The highest BCUT2D eigenvalue weighted by Crippen LogP contribution is 2.33. The molecule has 2 atom stereocenters. The van der Waals surface area contributed by atoms with Crippen LogP contribution >= 0.6 is 0 Å². The van der Waals surface area contributed by atoms with E-state index < -0.39 is 0 Å². The maximum atomic E-state index is 9.53. The molecule has 3 aliphatic rings. The zero-order chi connectivity index (χ0) is 23.2. The molecule has 0 spiro atoms. The molecule has 0 unspecified atom stereocenters. The van der Waals surface area contributed by atoms with Gasteiger partial charge in [-0.2, -0.15) is 5.26 Å². The Morgan fingerprint density at radius 1 is 0.941 bits per heavy atom. The number of aromatic nitrogens is 2. The number of rotatable bonds is 3. The summed E-state index contributed by atoms with van der Waals surface area (Å²) in [5, 5.41) is 10.6. The predicted octanol–water partition coefficient (Wildman–Crippen LogP) is 2.05. The summed E-state index contributed by atoms with van der Waals surface area (Å²) >= 11 is 0. The monoisotopic (exact) mass is 454 g/mol. The minimum absolute atomic E-state index is 0.261. The van der Waals surface area contributed by atoms with E-state index in [1.807, 2.05) is 18.3 Å². The molecule has 174 valence electrons. The number of anilines is 3. The van der Waals surface area contributed by atoms with Crippen molar-refractivity contribution in [2.75, 3.05) is 60.5 Å². The lowest BCUT2D eigenvalue weighted by Crippen LogP contribution is -2.65. The van der Waals surface area contributed by atoms with Gasteiger partial charge in [0.1, 0.15) is 11.9 Å². The van der Waals surface area contributed by atoms with Crippen molar-refractivity contribution in [2.45, 2.75) is 25.0 Å². The molecule has 3 saturated heterocycles. The quantitative estimate of drug-likeness (QED) is 0.643. The van der Waals surface area contributed by atoms with Crippen LogP contribution in [-0.4, -0.2) is 78.8 Å². The third-order valence-corrected chi connectivity index (χ3v) is 7.55. The highest BCUT2D eigenvalue weighted by Gasteiger charge is 2.37. The van der Waals surface area contributed by atoms with Gasteiger partial charge in [-0.15, -0.1) is 0 Å². The molecule has 3 aliphatic heterocycles. The molecular formula is C26H30N8. The summed E-state index contributed by atoms with van der Waals surface area (Å²) in [6.07, 6.45) is 3.69. The van der Waals surface area contributed by atoms with Gasteiger partial charge in [0.05, 0.1) is 11.1 Å². The Balaban J connectivity index is 1.25. The van der Waals surface area contributed by atoms with Crippen molar-refractivity contribution in [2.24, 2.45) is 5.73 Å². The number of hydrogen-bond donors (Lipinski definition) is 1. The van der Waals surface area contributed by atoms with E-state index in [0.29, 0.717) is 17.6 Å². The number of fused-ring (bicyclic) bond motifs is 2. The molecule has 8 heteroatoms. The zero-order valence-electron chi connectivity index (χ0n) is 19.5. The molecule has 0 radical (unpaired) electrons. The van der Waals surface area contributed by atoms with E-state index in [9.17, 15) is 5.26 Å². The van der Waals surface area contributed by atoms with Gasteiger partial charge >= 0.3 is 0 Å². The maximum Gasteiger partial charge on any atom is 0.130 e. The molecule has 34 heavy (non-hydrogen) atoms. The van der Waals surface area contributed by atoms with Gasteiger partial charge in [-0.25, -0.2) is 4.98 Å². The Labute approximate surface area is 200 Å². The first-order valence-electron chi connectivity index (χ1n) is 12.1. The number of nitrogens with zero attached hydrogens (tertiary/aromatic N) is 7. The van der Waals surface area contributed by atoms with Gasteiger partial charge < -0.3 is 20.4 Å². The van der Waals surface area contributed by atoms with Crippen LogP contribution in [0.3, 0.4) is 0 Å². The van der Waals surface area contributed by atoms with Crippen LogP contribution in [0.5, 0.6) is 0 Å². The third-order valence-electron chi connectivity index (χ3n) is 7.55. The van der Waals surface area contributed by atoms with Crippen LogP contribution in [0.2, 0.25) is 0 Å². The fourth-order valence-electron chi connectivity index (χ4n) is 5.80. The van der Waals surface area contributed by atoms with Crippen molar-refractivity contribution in [3.63, 3.8) is 0 Å². The molecule has 6 rings (SSSR count). The Bertz CT molecular complexity index is 1250. The number of nitrogens with two attached hydrogens (primary N) is 1. The first-order valence-corrected chi connectivity index (χ1v) is 12.1. The molecule has 2 N–H and O–H groups in total. The molecule has 2 aromatic heterocycles. The van der Waals surface area contributed by atoms with Crippen LogP contribution in [0.25, 0.3) is 10.9 Å². The Hall–Kier alpha value is -3.41. The Morgan fingerprint density at radius 2 is 1.79 bits per heavy atom. The minimum atomic E-state index is 0.261. The smallest absolute Gasteiger partial charge is 0.130 e. The molecule has 0 aliphatic carbocycles. The van der Waals surface area contributed by atoms with Gasteiger partial charge in [0.15, 0.2) is 0 Å². The van der Waals surface area contributed by atoms with Gasteiger partial charge in [0, 0.05) is 99.2 Å². The first kappa shape index (κ1) is 21.1. The van der Waals surface area contributed by atoms with E-state index in [1.165, 1.54) is 11.4 Å². The Kier molecular flexibility index (Phi) is 5.24. The summed E-state index contributed by atoms with van der Waals surface area (Å²) < 4.78 is 0. The average Bonchev–Trinajstić information content (AvgIpc) is 2.86. The summed E-state index contributed by atoms with van der Waals surface area (Å²) in [6, 6.07) is 15.8. The summed E-state index contributed by atoms with van der Waals surface area (Å²) in [4.78, 5) is 19.0. The van der Waals surface area contributed by atoms with Crippen LogP contribution in [-0.2, 0) is 0 Å². The van der Waals surface area contributed by atoms with Gasteiger partial charge in [-0.1, -0.05) is 0 Å². The van der Waals surface area contributed by atoms with Crippen molar-refractivity contribution < 1.29 is 0 Å². The summed E-state index contributed by atoms with van der Waals surface area (Å²) in [5.41, 5.74) is 9.81. The number of hydrogen-bond acceptors (Lipinski definition) is 8. The molecule has 1 aromatic carbocycles. The summed E-state index contributed by atoms with van der Waals surface area (Å²) in [7, 11) is 0. The fraction of sp³-hybridized carbons (Fsp3) is 0.423. The average molecular weight is 455 g/mol. The second-order valence-electron chi connectivity index (χ2n) is 9.77. The van der Waals surface area contributed by atoms with E-state index >= 15 is 0 Å². The van der Waals surface area contributed by atoms with E-state index in [0.717, 1.165) is 62.5 Å². The normalized spacial score (nSPS) is 23.5. The topological polar surface area (TPSA) is 88.5 Å². The first-order chi connectivity index (χ1) is 16.6. The van der Waals surface area contributed by atoms with E-state index in [2.05, 4.69) is 66.8 Å². The minimum Gasteiger partial charge on any atom is -0.368 e. The number of piperazine rings is 2. The Morgan fingerprint density at radius 3 is 2.62 bits per heavy atom. The fourth-order valence-corrected chi connectivity index (χ4v) is 5.80.